The Labute approximate surface area is 97.0 Å². The lowest BCUT2D eigenvalue weighted by atomic mass is 9.84. The fourth-order valence-corrected chi connectivity index (χ4v) is 1.96. The largest absolute Gasteiger partial charge is 0.317 e. The van der Waals surface area contributed by atoms with Crippen LogP contribution in [0.15, 0.2) is 0 Å². The Bertz CT molecular complexity index is 144. The molecule has 0 radical (unpaired) electrons. The molecule has 0 saturated carbocycles. The highest BCUT2D eigenvalue weighted by Gasteiger charge is 2.15. The first-order chi connectivity index (χ1) is 6.85. The van der Waals surface area contributed by atoms with Gasteiger partial charge >= 0.3 is 0 Å². The van der Waals surface area contributed by atoms with Crippen LogP contribution in [0, 0.1) is 17.3 Å². The van der Waals surface area contributed by atoms with E-state index in [0.29, 0.717) is 5.41 Å². The number of hydrogen-bond acceptors (Lipinski definition) is 1. The lowest BCUT2D eigenvalue weighted by Crippen LogP contribution is -2.24. The summed E-state index contributed by atoms with van der Waals surface area (Å²) in [7, 11) is 0. The zero-order valence-corrected chi connectivity index (χ0v) is 11.7. The van der Waals surface area contributed by atoms with Gasteiger partial charge in [0.05, 0.1) is 0 Å². The number of rotatable bonds is 7. The summed E-state index contributed by atoms with van der Waals surface area (Å²) in [6.45, 7) is 16.2. The van der Waals surface area contributed by atoms with Crippen LogP contribution >= 0.6 is 0 Å². The van der Waals surface area contributed by atoms with E-state index in [2.05, 4.69) is 46.9 Å². The van der Waals surface area contributed by atoms with Crippen molar-refractivity contribution in [3.63, 3.8) is 0 Å². The molecule has 1 N–H and O–H groups in total. The van der Waals surface area contributed by atoms with Crippen molar-refractivity contribution in [1.82, 2.24) is 5.32 Å². The van der Waals surface area contributed by atoms with Gasteiger partial charge in [-0.15, -0.1) is 0 Å². The molecule has 0 aromatic carbocycles. The van der Waals surface area contributed by atoms with Crippen LogP contribution in [0.1, 0.15) is 60.8 Å². The zero-order chi connectivity index (χ0) is 11.9. The topological polar surface area (TPSA) is 12.0 Å². The second kappa shape index (κ2) is 7.27. The molecule has 1 unspecified atom stereocenters. The quantitative estimate of drug-likeness (QED) is 0.672. The normalized spacial score (nSPS) is 14.6. The van der Waals surface area contributed by atoms with Crippen molar-refractivity contribution in [3.05, 3.63) is 0 Å². The summed E-state index contributed by atoms with van der Waals surface area (Å²) in [5, 5.41) is 3.49. The average Bonchev–Trinajstić information content (AvgIpc) is 2.07. The lowest BCUT2D eigenvalue weighted by Gasteiger charge is -2.24. The van der Waals surface area contributed by atoms with Gasteiger partial charge in [0.2, 0.25) is 0 Å². The smallest absolute Gasteiger partial charge is 0.00205 e. The van der Waals surface area contributed by atoms with Crippen molar-refractivity contribution in [1.29, 1.82) is 0 Å². The van der Waals surface area contributed by atoms with E-state index in [9.17, 15) is 0 Å². The van der Waals surface area contributed by atoms with Crippen molar-refractivity contribution < 1.29 is 0 Å². The Morgan fingerprint density at radius 2 is 1.73 bits per heavy atom. The predicted molar refractivity (Wildman–Crippen MR) is 70.2 cm³/mol. The summed E-state index contributed by atoms with van der Waals surface area (Å²) >= 11 is 0. The summed E-state index contributed by atoms with van der Waals surface area (Å²) < 4.78 is 0. The molecule has 0 bridgehead atoms. The van der Waals surface area contributed by atoms with Gasteiger partial charge in [0.25, 0.3) is 0 Å². The van der Waals surface area contributed by atoms with Crippen LogP contribution in [0.5, 0.6) is 0 Å². The molecule has 0 heterocycles. The Morgan fingerprint density at radius 1 is 1.13 bits per heavy atom. The molecule has 0 aliphatic rings. The van der Waals surface area contributed by atoms with Gasteiger partial charge in [-0.05, 0) is 49.6 Å². The summed E-state index contributed by atoms with van der Waals surface area (Å²) in [5.74, 6) is 1.69. The average molecular weight is 213 g/mol. The minimum absolute atomic E-state index is 0.488. The standard InChI is InChI=1S/C14H31N/c1-7-15-11-13(10-12(2)3)8-9-14(4,5)6/h12-13,15H,7-11H2,1-6H3. The van der Waals surface area contributed by atoms with Crippen molar-refractivity contribution in [2.45, 2.75) is 60.8 Å². The molecule has 0 aliphatic heterocycles. The van der Waals surface area contributed by atoms with Crippen molar-refractivity contribution in [2.75, 3.05) is 13.1 Å². The minimum atomic E-state index is 0.488. The summed E-state index contributed by atoms with van der Waals surface area (Å²) in [5.41, 5.74) is 0.488. The third-order valence-electron chi connectivity index (χ3n) is 2.79. The molecule has 1 heteroatoms. The molecule has 0 rings (SSSR count). The van der Waals surface area contributed by atoms with Crippen molar-refractivity contribution >= 4 is 0 Å². The van der Waals surface area contributed by atoms with Crippen molar-refractivity contribution in [2.24, 2.45) is 17.3 Å². The second-order valence-electron chi connectivity index (χ2n) is 6.40. The molecular formula is C14H31N. The first-order valence-electron chi connectivity index (χ1n) is 6.56. The van der Waals surface area contributed by atoms with E-state index < -0.39 is 0 Å². The van der Waals surface area contributed by atoms with Crippen LogP contribution in [0.2, 0.25) is 0 Å². The van der Waals surface area contributed by atoms with Gasteiger partial charge in [-0.3, -0.25) is 0 Å². The molecule has 1 nitrogen and oxygen atoms in total. The Kier molecular flexibility index (Phi) is 7.25. The second-order valence-corrected chi connectivity index (χ2v) is 6.40. The van der Waals surface area contributed by atoms with Crippen LogP contribution in [0.3, 0.4) is 0 Å². The first kappa shape index (κ1) is 15.0. The fourth-order valence-electron chi connectivity index (χ4n) is 1.96. The van der Waals surface area contributed by atoms with Gasteiger partial charge in [-0.25, -0.2) is 0 Å². The van der Waals surface area contributed by atoms with E-state index in [1.807, 2.05) is 0 Å². The number of nitrogens with one attached hydrogen (secondary N) is 1. The van der Waals surface area contributed by atoms with Crippen LogP contribution in [-0.4, -0.2) is 13.1 Å². The molecule has 0 aromatic heterocycles. The minimum Gasteiger partial charge on any atom is -0.317 e. The van der Waals surface area contributed by atoms with Crippen LogP contribution in [0.4, 0.5) is 0 Å². The zero-order valence-electron chi connectivity index (χ0n) is 11.7. The predicted octanol–water partition coefficient (Wildman–Crippen LogP) is 4.08. The van der Waals surface area contributed by atoms with Crippen LogP contribution in [-0.2, 0) is 0 Å². The third kappa shape index (κ3) is 10.2. The maximum absolute atomic E-state index is 3.49. The summed E-state index contributed by atoms with van der Waals surface area (Å²) in [6.07, 6.45) is 4.08. The maximum atomic E-state index is 3.49. The Hall–Kier alpha value is -0.0400. The molecule has 0 aliphatic carbocycles. The summed E-state index contributed by atoms with van der Waals surface area (Å²) in [6, 6.07) is 0. The van der Waals surface area contributed by atoms with E-state index in [4.69, 9.17) is 0 Å². The van der Waals surface area contributed by atoms with Crippen LogP contribution in [0.25, 0.3) is 0 Å². The molecule has 0 saturated heterocycles. The fraction of sp³-hybridized carbons (Fsp3) is 1.00. The van der Waals surface area contributed by atoms with E-state index in [0.717, 1.165) is 18.4 Å². The highest BCUT2D eigenvalue weighted by atomic mass is 14.8. The molecule has 92 valence electrons. The summed E-state index contributed by atoms with van der Waals surface area (Å²) in [4.78, 5) is 0. The lowest BCUT2D eigenvalue weighted by molar-refractivity contribution is 0.290. The van der Waals surface area contributed by atoms with E-state index in [1.54, 1.807) is 0 Å². The SMILES string of the molecule is CCNCC(CCC(C)(C)C)CC(C)C. The number of hydrogen-bond donors (Lipinski definition) is 1. The molecule has 15 heavy (non-hydrogen) atoms. The van der Waals surface area contributed by atoms with Gasteiger partial charge in [0, 0.05) is 0 Å². The molecular weight excluding hydrogens is 182 g/mol. The molecule has 1 atom stereocenters. The maximum Gasteiger partial charge on any atom is -0.00205 e. The highest BCUT2D eigenvalue weighted by molar-refractivity contribution is 4.69. The van der Waals surface area contributed by atoms with Gasteiger partial charge in [-0.2, -0.15) is 0 Å². The third-order valence-corrected chi connectivity index (χ3v) is 2.79. The highest BCUT2D eigenvalue weighted by Crippen LogP contribution is 2.26. The van der Waals surface area contributed by atoms with Crippen LogP contribution < -0.4 is 5.32 Å². The van der Waals surface area contributed by atoms with E-state index >= 15 is 0 Å². The molecule has 0 amide bonds. The Balaban J connectivity index is 3.89. The molecule has 0 aromatic rings. The van der Waals surface area contributed by atoms with Gasteiger partial charge in [0.1, 0.15) is 0 Å². The molecule has 0 fully saturated rings. The monoisotopic (exact) mass is 213 g/mol. The molecule has 0 spiro atoms. The van der Waals surface area contributed by atoms with E-state index in [-0.39, 0.29) is 0 Å². The van der Waals surface area contributed by atoms with Gasteiger partial charge in [0.15, 0.2) is 0 Å². The van der Waals surface area contributed by atoms with Crippen molar-refractivity contribution in [3.8, 4) is 0 Å². The first-order valence-corrected chi connectivity index (χ1v) is 6.56. The van der Waals surface area contributed by atoms with Gasteiger partial charge < -0.3 is 5.32 Å². The Morgan fingerprint density at radius 3 is 2.13 bits per heavy atom. The van der Waals surface area contributed by atoms with Gasteiger partial charge in [-0.1, -0.05) is 41.5 Å². The van der Waals surface area contributed by atoms with E-state index in [1.165, 1.54) is 25.8 Å².